The number of aryl methyl sites for hydroxylation is 1. The highest BCUT2D eigenvalue weighted by Crippen LogP contribution is 2.48. The minimum Gasteiger partial charge on any atom is -0.461 e. The smallest absolute Gasteiger partial charge is 0.130 e. The number of aromatic amines is 1. The maximum atomic E-state index is 14.8. The lowest BCUT2D eigenvalue weighted by Gasteiger charge is -2.46. The molecule has 1 unspecified atom stereocenters. The number of alkyl halides is 1. The van der Waals surface area contributed by atoms with Crippen LogP contribution in [-0.2, 0) is 12.8 Å². The van der Waals surface area contributed by atoms with Crippen LogP contribution in [0, 0.1) is 5.41 Å². The number of aromatic nitrogens is 1. The summed E-state index contributed by atoms with van der Waals surface area (Å²) in [5.41, 5.74) is 3.41. The third-order valence-corrected chi connectivity index (χ3v) is 6.74. The van der Waals surface area contributed by atoms with Crippen molar-refractivity contribution in [3.05, 3.63) is 58.0 Å². The van der Waals surface area contributed by atoms with Crippen molar-refractivity contribution in [2.45, 2.75) is 58.7 Å². The number of rotatable bonds is 4. The van der Waals surface area contributed by atoms with Crippen LogP contribution < -0.4 is 10.6 Å². The number of nitrogens with one attached hydrogen (secondary N) is 1. The Kier molecular flexibility index (Phi) is 4.48. The predicted molar refractivity (Wildman–Crippen MR) is 120 cm³/mol. The van der Waals surface area contributed by atoms with Gasteiger partial charge in [0.05, 0.1) is 6.04 Å². The second kappa shape index (κ2) is 6.84. The standard InChI is InChI=1S/C26H31FN2O/c1-5-18-14-17-15-26(4,12-10-22(17)30-18)24-23-20(11-13-29(24)16-25(2,3)27)19-8-6-7-9-21(19)28-23/h6-10,14-15,24,28H,5,11-13,16H2,1-4H3/t24-,26?/m0/s1. The Morgan fingerprint density at radius 1 is 1.30 bits per heavy atom. The first kappa shape index (κ1) is 19.6. The maximum Gasteiger partial charge on any atom is 0.130 e. The molecule has 3 nitrogen and oxygen atoms in total. The van der Waals surface area contributed by atoms with Crippen molar-refractivity contribution >= 4 is 23.1 Å². The molecule has 0 bridgehead atoms. The molecule has 0 saturated heterocycles. The van der Waals surface area contributed by atoms with Crippen molar-refractivity contribution in [3.8, 4) is 0 Å². The normalized spacial score (nSPS) is 24.2. The lowest BCUT2D eigenvalue weighted by molar-refractivity contribution is 0.0467. The van der Waals surface area contributed by atoms with Crippen molar-refractivity contribution < 1.29 is 8.81 Å². The maximum absolute atomic E-state index is 14.8. The van der Waals surface area contributed by atoms with E-state index >= 15 is 0 Å². The topological polar surface area (TPSA) is 32.2 Å². The van der Waals surface area contributed by atoms with Crippen LogP contribution >= 0.6 is 0 Å². The van der Waals surface area contributed by atoms with E-state index in [1.54, 1.807) is 13.8 Å². The van der Waals surface area contributed by atoms with E-state index in [2.05, 4.69) is 66.2 Å². The van der Waals surface area contributed by atoms with Gasteiger partial charge in [0.15, 0.2) is 0 Å². The molecule has 5 rings (SSSR count). The largest absolute Gasteiger partial charge is 0.461 e. The molecule has 1 aliphatic carbocycles. The summed E-state index contributed by atoms with van der Waals surface area (Å²) < 4.78 is 20.8. The molecule has 1 N–H and O–H groups in total. The first-order chi connectivity index (χ1) is 14.3. The van der Waals surface area contributed by atoms with Crippen molar-refractivity contribution in [1.29, 1.82) is 0 Å². The Labute approximate surface area is 177 Å². The number of nitrogens with zero attached hydrogens (tertiary/aromatic N) is 1. The Bertz CT molecular complexity index is 1210. The zero-order valence-electron chi connectivity index (χ0n) is 18.4. The van der Waals surface area contributed by atoms with Gasteiger partial charge < -0.3 is 9.40 Å². The van der Waals surface area contributed by atoms with Crippen molar-refractivity contribution in [3.63, 3.8) is 0 Å². The molecule has 3 aromatic rings. The van der Waals surface area contributed by atoms with Gasteiger partial charge in [0, 0.05) is 46.7 Å². The molecule has 3 heterocycles. The first-order valence-corrected chi connectivity index (χ1v) is 11.1. The van der Waals surface area contributed by atoms with Gasteiger partial charge in [0.2, 0.25) is 0 Å². The van der Waals surface area contributed by atoms with Gasteiger partial charge in [-0.3, -0.25) is 4.90 Å². The number of hydrogen-bond acceptors (Lipinski definition) is 2. The van der Waals surface area contributed by atoms with Crippen LogP contribution in [0.15, 0.2) is 34.7 Å². The van der Waals surface area contributed by atoms with Gasteiger partial charge in [-0.25, -0.2) is 4.39 Å². The second-order valence-corrected chi connectivity index (χ2v) is 9.85. The fraction of sp³-hybridized carbons (Fsp3) is 0.462. The Morgan fingerprint density at radius 2 is 2.10 bits per heavy atom. The van der Waals surface area contributed by atoms with Gasteiger partial charge in [0.25, 0.3) is 0 Å². The van der Waals surface area contributed by atoms with E-state index in [1.165, 1.54) is 27.4 Å². The Balaban J connectivity index is 1.67. The summed E-state index contributed by atoms with van der Waals surface area (Å²) in [7, 11) is 0. The molecule has 1 aromatic carbocycles. The second-order valence-electron chi connectivity index (χ2n) is 9.85. The van der Waals surface area contributed by atoms with E-state index in [9.17, 15) is 4.39 Å². The van der Waals surface area contributed by atoms with E-state index in [4.69, 9.17) is 4.42 Å². The molecule has 158 valence electrons. The zero-order valence-corrected chi connectivity index (χ0v) is 18.4. The van der Waals surface area contributed by atoms with Crippen LogP contribution in [0.4, 0.5) is 4.39 Å². The lowest BCUT2D eigenvalue weighted by atomic mass is 9.72. The Hall–Kier alpha value is -2.33. The molecule has 30 heavy (non-hydrogen) atoms. The number of furan rings is 1. The van der Waals surface area contributed by atoms with Gasteiger partial charge in [-0.05, 0) is 50.5 Å². The summed E-state index contributed by atoms with van der Waals surface area (Å²) in [6, 6.07) is 10.8. The van der Waals surface area contributed by atoms with E-state index in [0.717, 1.165) is 37.0 Å². The minimum atomic E-state index is -1.24. The molecule has 0 saturated carbocycles. The summed E-state index contributed by atoms with van der Waals surface area (Å²) in [6.45, 7) is 9.10. The van der Waals surface area contributed by atoms with E-state index in [-0.39, 0.29) is 11.5 Å². The third kappa shape index (κ3) is 3.22. The summed E-state index contributed by atoms with van der Waals surface area (Å²) in [5.74, 6) is 1.02. The summed E-state index contributed by atoms with van der Waals surface area (Å²) in [5, 5.41) is 2.47. The number of halogens is 1. The van der Waals surface area contributed by atoms with E-state index in [0.29, 0.717) is 6.54 Å². The van der Waals surface area contributed by atoms with Crippen molar-refractivity contribution in [2.24, 2.45) is 5.41 Å². The summed E-state index contributed by atoms with van der Waals surface area (Å²) in [4.78, 5) is 6.08. The zero-order chi connectivity index (χ0) is 21.1. The molecule has 2 aliphatic rings. The van der Waals surface area contributed by atoms with E-state index in [1.807, 2.05) is 0 Å². The molecule has 1 aliphatic heterocycles. The summed E-state index contributed by atoms with van der Waals surface area (Å²) in [6.07, 6.45) is 7.31. The minimum absolute atomic E-state index is 0.0908. The molecule has 2 atom stereocenters. The summed E-state index contributed by atoms with van der Waals surface area (Å²) >= 11 is 0. The number of hydrogen-bond donors (Lipinski definition) is 1. The van der Waals surface area contributed by atoms with Gasteiger partial charge in [-0.2, -0.15) is 0 Å². The predicted octanol–water partition coefficient (Wildman–Crippen LogP) is 4.64. The van der Waals surface area contributed by atoms with Crippen LogP contribution in [0.2, 0.25) is 0 Å². The molecule has 2 aromatic heterocycles. The van der Waals surface area contributed by atoms with Crippen LogP contribution in [0.3, 0.4) is 0 Å². The van der Waals surface area contributed by atoms with E-state index < -0.39 is 5.67 Å². The van der Waals surface area contributed by atoms with Gasteiger partial charge in [0.1, 0.15) is 16.8 Å². The number of benzene rings is 1. The molecule has 0 spiro atoms. The van der Waals surface area contributed by atoms with Crippen molar-refractivity contribution in [1.82, 2.24) is 9.88 Å². The van der Waals surface area contributed by atoms with Crippen LogP contribution in [0.25, 0.3) is 23.1 Å². The number of H-pyrrole nitrogens is 1. The third-order valence-electron chi connectivity index (χ3n) is 6.74. The lowest BCUT2D eigenvalue weighted by Crippen LogP contribution is -2.49. The highest BCUT2D eigenvalue weighted by molar-refractivity contribution is 5.85. The fourth-order valence-electron chi connectivity index (χ4n) is 5.53. The van der Waals surface area contributed by atoms with Gasteiger partial charge >= 0.3 is 0 Å². The molecule has 0 fully saturated rings. The SMILES string of the molecule is CCc1cc2c(o1)=CCC(C)([C@@H]1c3[nH]c4ccccc4c3CCN1CC(C)(C)F)C=2. The molecular formula is C26H31FN2O. The van der Waals surface area contributed by atoms with Crippen LogP contribution in [-0.4, -0.2) is 28.6 Å². The quantitative estimate of drug-likeness (QED) is 0.684. The molecule has 0 radical (unpaired) electrons. The average Bonchev–Trinajstić information content (AvgIpc) is 3.26. The Morgan fingerprint density at radius 3 is 2.87 bits per heavy atom. The van der Waals surface area contributed by atoms with Gasteiger partial charge in [-0.15, -0.1) is 0 Å². The number of para-hydroxylation sites is 1. The highest BCUT2D eigenvalue weighted by atomic mass is 19.1. The fourth-order valence-corrected chi connectivity index (χ4v) is 5.53. The van der Waals surface area contributed by atoms with Crippen molar-refractivity contribution in [2.75, 3.05) is 13.1 Å². The molecular weight excluding hydrogens is 375 g/mol. The molecule has 0 amide bonds. The van der Waals surface area contributed by atoms with Crippen LogP contribution in [0.1, 0.15) is 57.2 Å². The molecule has 4 heteroatoms. The highest BCUT2D eigenvalue weighted by Gasteiger charge is 2.44. The average molecular weight is 407 g/mol. The van der Waals surface area contributed by atoms with Crippen LogP contribution in [0.5, 0.6) is 0 Å². The monoisotopic (exact) mass is 406 g/mol. The van der Waals surface area contributed by atoms with Gasteiger partial charge in [-0.1, -0.05) is 38.1 Å². The number of fused-ring (bicyclic) bond motifs is 4. The first-order valence-electron chi connectivity index (χ1n) is 11.1.